The van der Waals surface area contributed by atoms with Crippen molar-refractivity contribution in [1.82, 2.24) is 20.2 Å². The van der Waals surface area contributed by atoms with E-state index in [4.69, 9.17) is 0 Å². The summed E-state index contributed by atoms with van der Waals surface area (Å²) in [4.78, 5) is 12.1. The fourth-order valence-corrected chi connectivity index (χ4v) is 3.27. The van der Waals surface area contributed by atoms with Gasteiger partial charge in [-0.3, -0.25) is 4.79 Å². The molecule has 0 aliphatic rings. The lowest BCUT2D eigenvalue weighted by atomic mass is 10.2. The molecule has 1 heterocycles. The van der Waals surface area contributed by atoms with Gasteiger partial charge in [0.15, 0.2) is 11.0 Å². The van der Waals surface area contributed by atoms with Gasteiger partial charge in [0.05, 0.1) is 18.5 Å². The van der Waals surface area contributed by atoms with E-state index in [-0.39, 0.29) is 17.4 Å². The lowest BCUT2D eigenvalue weighted by Gasteiger charge is -2.09. The van der Waals surface area contributed by atoms with Crippen LogP contribution in [0.4, 0.5) is 5.69 Å². The highest BCUT2D eigenvalue weighted by Crippen LogP contribution is 2.18. The number of rotatable bonds is 10. The second-order valence-corrected chi connectivity index (χ2v) is 7.13. The molecule has 0 spiro atoms. The molecule has 0 saturated carbocycles. The first-order valence-corrected chi connectivity index (χ1v) is 10.2. The second kappa shape index (κ2) is 10.8. The molecule has 0 aliphatic heterocycles. The molecule has 3 aromatic rings. The molecule has 1 amide bonds. The highest BCUT2D eigenvalue weighted by Gasteiger charge is 2.13. The van der Waals surface area contributed by atoms with E-state index in [0.717, 1.165) is 17.1 Å². The van der Waals surface area contributed by atoms with Crippen LogP contribution in [0.25, 0.3) is 0 Å². The van der Waals surface area contributed by atoms with Gasteiger partial charge < -0.3 is 15.0 Å². The van der Waals surface area contributed by atoms with Gasteiger partial charge in [-0.25, -0.2) is 5.43 Å². The monoisotopic (exact) mass is 422 g/mol. The molecule has 0 saturated heterocycles. The van der Waals surface area contributed by atoms with Crippen molar-refractivity contribution in [2.75, 3.05) is 11.1 Å². The molecule has 1 aromatic heterocycles. The average Bonchev–Trinajstić information content (AvgIpc) is 3.15. The molecule has 8 nitrogen and oxygen atoms in total. The first-order chi connectivity index (χ1) is 14.7. The van der Waals surface area contributed by atoms with Gasteiger partial charge in [0.1, 0.15) is 5.75 Å². The number of aromatic hydroxyl groups is 1. The number of anilines is 1. The number of nitrogens with zero attached hydrogens (tertiary/aromatic N) is 4. The molecule has 3 rings (SSSR count). The average molecular weight is 423 g/mol. The molecule has 2 aromatic carbocycles. The van der Waals surface area contributed by atoms with Crippen molar-refractivity contribution in [2.45, 2.75) is 18.2 Å². The number of hydrazone groups is 1. The number of allylic oxidation sites excluding steroid dienone is 1. The van der Waals surface area contributed by atoms with Crippen LogP contribution in [0.1, 0.15) is 11.4 Å². The lowest BCUT2D eigenvalue weighted by Crippen LogP contribution is -2.20. The highest BCUT2D eigenvalue weighted by atomic mass is 32.2. The molecular weight excluding hydrogens is 400 g/mol. The lowest BCUT2D eigenvalue weighted by molar-refractivity contribution is -0.118. The van der Waals surface area contributed by atoms with Crippen molar-refractivity contribution in [3.05, 3.63) is 78.6 Å². The summed E-state index contributed by atoms with van der Waals surface area (Å²) in [5.41, 5.74) is 4.24. The minimum absolute atomic E-state index is 0.147. The van der Waals surface area contributed by atoms with Crippen molar-refractivity contribution in [2.24, 2.45) is 5.10 Å². The molecule has 0 radical (unpaired) electrons. The van der Waals surface area contributed by atoms with Crippen LogP contribution in [0.5, 0.6) is 5.75 Å². The van der Waals surface area contributed by atoms with Gasteiger partial charge in [-0.15, -0.1) is 16.8 Å². The van der Waals surface area contributed by atoms with Crippen LogP contribution in [0.2, 0.25) is 0 Å². The normalized spacial score (nSPS) is 10.8. The van der Waals surface area contributed by atoms with Gasteiger partial charge in [0.2, 0.25) is 0 Å². The van der Waals surface area contributed by atoms with Crippen LogP contribution in [0, 0.1) is 0 Å². The van der Waals surface area contributed by atoms with Gasteiger partial charge >= 0.3 is 0 Å². The number of hydrogen-bond donors (Lipinski definition) is 3. The van der Waals surface area contributed by atoms with E-state index in [0.29, 0.717) is 18.2 Å². The van der Waals surface area contributed by atoms with Crippen molar-refractivity contribution < 1.29 is 9.90 Å². The van der Waals surface area contributed by atoms with Gasteiger partial charge in [-0.1, -0.05) is 36.0 Å². The summed E-state index contributed by atoms with van der Waals surface area (Å²) >= 11 is 1.28. The summed E-state index contributed by atoms with van der Waals surface area (Å²) in [5, 5.41) is 25.6. The molecule has 0 aliphatic carbocycles. The Morgan fingerprint density at radius 3 is 2.67 bits per heavy atom. The number of amides is 1. The van der Waals surface area contributed by atoms with Gasteiger partial charge in [-0.05, 0) is 42.0 Å². The topological polar surface area (TPSA) is 104 Å². The Morgan fingerprint density at radius 1 is 1.17 bits per heavy atom. The number of hydrogen-bond acceptors (Lipinski definition) is 7. The van der Waals surface area contributed by atoms with Crippen LogP contribution in [0.15, 0.2) is 77.5 Å². The van der Waals surface area contributed by atoms with Crippen LogP contribution < -0.4 is 10.7 Å². The third kappa shape index (κ3) is 6.21. The number of benzene rings is 2. The van der Waals surface area contributed by atoms with Crippen LogP contribution >= 0.6 is 11.8 Å². The number of thioether (sulfide) groups is 1. The number of para-hydroxylation sites is 1. The maximum Gasteiger partial charge on any atom is 0.250 e. The molecule has 0 fully saturated rings. The van der Waals surface area contributed by atoms with E-state index in [1.165, 1.54) is 18.0 Å². The number of carbonyl (C=O) groups is 1. The minimum Gasteiger partial charge on any atom is -0.508 e. The molecular formula is C21H22N6O2S. The summed E-state index contributed by atoms with van der Waals surface area (Å²) in [6.07, 6.45) is 3.27. The van der Waals surface area contributed by atoms with Crippen LogP contribution in [0.3, 0.4) is 0 Å². The number of phenolic OH excluding ortho intramolecular Hbond substituents is 1. The van der Waals surface area contributed by atoms with Crippen molar-refractivity contribution in [3.63, 3.8) is 0 Å². The van der Waals surface area contributed by atoms with Crippen LogP contribution in [-0.2, 0) is 17.9 Å². The molecule has 154 valence electrons. The standard InChI is InChI=1S/C21H22N6O2S/c1-2-12-27-19(14-22-17-6-4-3-5-7-17)24-26-21(27)30-15-20(29)25-23-13-16-8-10-18(28)11-9-16/h2-11,13,22,28H,1,12,14-15H2,(H,25,29)/b23-13+. The third-order valence-electron chi connectivity index (χ3n) is 3.96. The van der Waals surface area contributed by atoms with E-state index >= 15 is 0 Å². The van der Waals surface area contributed by atoms with Gasteiger partial charge in [-0.2, -0.15) is 5.10 Å². The number of nitrogens with one attached hydrogen (secondary N) is 2. The van der Waals surface area contributed by atoms with E-state index in [9.17, 15) is 9.90 Å². The Kier molecular flexibility index (Phi) is 7.62. The molecule has 3 N–H and O–H groups in total. The van der Waals surface area contributed by atoms with Crippen molar-refractivity contribution in [1.29, 1.82) is 0 Å². The molecule has 9 heteroatoms. The van der Waals surface area contributed by atoms with E-state index in [1.807, 2.05) is 34.9 Å². The van der Waals surface area contributed by atoms with E-state index < -0.39 is 0 Å². The predicted octanol–water partition coefficient (Wildman–Crippen LogP) is 3.02. The Morgan fingerprint density at radius 2 is 1.93 bits per heavy atom. The zero-order valence-corrected chi connectivity index (χ0v) is 17.0. The number of aromatic nitrogens is 3. The fourth-order valence-electron chi connectivity index (χ4n) is 2.51. The van der Waals surface area contributed by atoms with Crippen molar-refractivity contribution >= 4 is 29.6 Å². The first-order valence-electron chi connectivity index (χ1n) is 9.21. The minimum atomic E-state index is -0.257. The zero-order chi connectivity index (χ0) is 21.2. The summed E-state index contributed by atoms with van der Waals surface area (Å²) in [6, 6.07) is 16.3. The Balaban J connectivity index is 1.53. The Bertz CT molecular complexity index is 1000. The Labute approximate surface area is 178 Å². The summed E-state index contributed by atoms with van der Waals surface area (Å²) in [5.74, 6) is 0.822. The smallest absolute Gasteiger partial charge is 0.250 e. The second-order valence-electron chi connectivity index (χ2n) is 6.19. The maximum absolute atomic E-state index is 12.1. The summed E-state index contributed by atoms with van der Waals surface area (Å²) < 4.78 is 1.92. The molecule has 30 heavy (non-hydrogen) atoms. The Hall–Kier alpha value is -3.59. The molecule has 0 bridgehead atoms. The largest absolute Gasteiger partial charge is 0.508 e. The van der Waals surface area contributed by atoms with Crippen LogP contribution in [-0.4, -0.2) is 37.7 Å². The first kappa shape index (κ1) is 21.1. The fraction of sp³-hybridized carbons (Fsp3) is 0.143. The van der Waals surface area contributed by atoms with Gasteiger partial charge in [0, 0.05) is 12.2 Å². The zero-order valence-electron chi connectivity index (χ0n) is 16.2. The van der Waals surface area contributed by atoms with Crippen molar-refractivity contribution in [3.8, 4) is 5.75 Å². The number of phenols is 1. The molecule has 0 atom stereocenters. The molecule has 0 unspecified atom stereocenters. The predicted molar refractivity (Wildman–Crippen MR) is 119 cm³/mol. The van der Waals surface area contributed by atoms with E-state index in [2.05, 4.69) is 32.6 Å². The third-order valence-corrected chi connectivity index (χ3v) is 4.92. The number of carbonyl (C=O) groups excluding carboxylic acids is 1. The van der Waals surface area contributed by atoms with E-state index in [1.54, 1.807) is 30.3 Å². The summed E-state index contributed by atoms with van der Waals surface area (Å²) in [6.45, 7) is 4.84. The summed E-state index contributed by atoms with van der Waals surface area (Å²) in [7, 11) is 0. The van der Waals surface area contributed by atoms with Gasteiger partial charge in [0.25, 0.3) is 5.91 Å². The SMILES string of the molecule is C=CCn1c(CNc2ccccc2)nnc1SCC(=O)N/N=C/c1ccc(O)cc1. The maximum atomic E-state index is 12.1. The highest BCUT2D eigenvalue weighted by molar-refractivity contribution is 7.99. The quantitative estimate of drug-likeness (QED) is 0.201.